The molecule has 2 aromatic rings. The summed E-state index contributed by atoms with van der Waals surface area (Å²) in [5.41, 5.74) is 0. The van der Waals surface area contributed by atoms with E-state index in [-0.39, 0.29) is 11.1 Å². The van der Waals surface area contributed by atoms with Gasteiger partial charge in [0.1, 0.15) is 23.5 Å². The van der Waals surface area contributed by atoms with Crippen LogP contribution in [0.1, 0.15) is 33.6 Å². The van der Waals surface area contributed by atoms with Crippen molar-refractivity contribution in [2.45, 2.75) is 57.8 Å². The molecular formula is C22H32N4O3Si. The van der Waals surface area contributed by atoms with E-state index in [0.29, 0.717) is 5.82 Å². The first-order valence-corrected chi connectivity index (χ1v) is 13.3. The normalized spacial score (nSPS) is 15.6. The molecule has 0 spiro atoms. The van der Waals surface area contributed by atoms with Crippen LogP contribution in [0.4, 0.5) is 16.4 Å². The maximum absolute atomic E-state index is 12.3. The quantitative estimate of drug-likeness (QED) is 0.670. The molecule has 1 aliphatic heterocycles. The Kier molecular flexibility index (Phi) is 6.65. The van der Waals surface area contributed by atoms with Crippen LogP contribution in [0.2, 0.25) is 18.1 Å². The van der Waals surface area contributed by atoms with Gasteiger partial charge < -0.3 is 14.1 Å². The second kappa shape index (κ2) is 9.03. The minimum Gasteiger partial charge on any atom is -0.542 e. The van der Waals surface area contributed by atoms with Gasteiger partial charge in [-0.3, -0.25) is 5.32 Å². The third-order valence-electron chi connectivity index (χ3n) is 5.83. The number of piperidine rings is 1. The predicted molar refractivity (Wildman–Crippen MR) is 122 cm³/mol. The highest BCUT2D eigenvalue weighted by atomic mass is 28.4. The molecule has 1 aliphatic rings. The van der Waals surface area contributed by atoms with Crippen LogP contribution in [0.3, 0.4) is 0 Å². The van der Waals surface area contributed by atoms with E-state index in [1.54, 1.807) is 18.5 Å². The molecule has 7 nitrogen and oxygen atoms in total. The molecule has 1 amide bonds. The Morgan fingerprint density at radius 1 is 1.13 bits per heavy atom. The van der Waals surface area contributed by atoms with E-state index in [2.05, 4.69) is 54.0 Å². The van der Waals surface area contributed by atoms with Crippen LogP contribution in [0.5, 0.6) is 5.75 Å². The number of hydrogen-bond donors (Lipinski definition) is 1. The summed E-state index contributed by atoms with van der Waals surface area (Å²) in [7, 11) is -1.92. The fraction of sp³-hybridized carbons (Fsp3) is 0.500. The lowest BCUT2D eigenvalue weighted by molar-refractivity contribution is 0.0949. The highest BCUT2D eigenvalue weighted by molar-refractivity contribution is 6.74. The molecule has 0 radical (unpaired) electrons. The van der Waals surface area contributed by atoms with Crippen LogP contribution < -0.4 is 14.6 Å². The van der Waals surface area contributed by atoms with Crippen LogP contribution in [0, 0.1) is 0 Å². The highest BCUT2D eigenvalue weighted by Crippen LogP contribution is 2.37. The Labute approximate surface area is 180 Å². The topological polar surface area (TPSA) is 76.6 Å². The van der Waals surface area contributed by atoms with Crippen LogP contribution in [0.15, 0.2) is 42.7 Å². The van der Waals surface area contributed by atoms with Crippen molar-refractivity contribution in [1.82, 2.24) is 9.97 Å². The summed E-state index contributed by atoms with van der Waals surface area (Å²) in [4.78, 5) is 23.1. The number of rotatable bonds is 5. The number of pyridine rings is 2. The average Bonchev–Trinajstić information content (AvgIpc) is 2.70. The molecule has 3 rings (SSSR count). The van der Waals surface area contributed by atoms with Gasteiger partial charge in [0, 0.05) is 32.1 Å². The van der Waals surface area contributed by atoms with Gasteiger partial charge in [-0.05, 0) is 42.4 Å². The number of amides is 1. The van der Waals surface area contributed by atoms with Gasteiger partial charge in [0.05, 0.1) is 6.20 Å². The smallest absolute Gasteiger partial charge is 0.413 e. The Hall–Kier alpha value is -2.61. The third kappa shape index (κ3) is 5.72. The lowest BCUT2D eigenvalue weighted by Crippen LogP contribution is -2.43. The molecule has 0 saturated carbocycles. The average molecular weight is 429 g/mol. The number of anilines is 2. The molecule has 30 heavy (non-hydrogen) atoms. The number of nitrogens with zero attached hydrogens (tertiary/aromatic N) is 3. The lowest BCUT2D eigenvalue weighted by atomic mass is 10.1. The molecule has 0 unspecified atom stereocenters. The standard InChI is InChI=1S/C22H32N4O3Si/c1-22(2,3)30(4,5)29-18-9-10-19(24-16-18)25-21(27)28-17-11-14-26(15-12-17)20-8-6-7-13-23-20/h6-10,13,16-17H,11-12,14-15H2,1-5H3,(H,24,25,27). The molecule has 1 N–H and O–H groups in total. The van der Waals surface area contributed by atoms with E-state index in [0.717, 1.165) is 37.5 Å². The maximum atomic E-state index is 12.3. The van der Waals surface area contributed by atoms with Crippen LogP contribution in [-0.2, 0) is 4.74 Å². The van der Waals surface area contributed by atoms with Gasteiger partial charge in [-0.25, -0.2) is 14.8 Å². The van der Waals surface area contributed by atoms with Gasteiger partial charge in [0.15, 0.2) is 0 Å². The number of nitrogens with one attached hydrogen (secondary N) is 1. The predicted octanol–water partition coefficient (Wildman–Crippen LogP) is 5.08. The zero-order valence-corrected chi connectivity index (χ0v) is 19.5. The number of carbonyl (C=O) groups is 1. The van der Waals surface area contributed by atoms with Crippen molar-refractivity contribution in [3.8, 4) is 5.75 Å². The van der Waals surface area contributed by atoms with E-state index in [4.69, 9.17) is 9.16 Å². The molecular weight excluding hydrogens is 396 g/mol. The summed E-state index contributed by atoms with van der Waals surface area (Å²) < 4.78 is 11.8. The molecule has 1 fully saturated rings. The van der Waals surface area contributed by atoms with Crippen molar-refractivity contribution in [2.75, 3.05) is 23.3 Å². The number of aromatic nitrogens is 2. The van der Waals surface area contributed by atoms with Crippen molar-refractivity contribution in [3.63, 3.8) is 0 Å². The van der Waals surface area contributed by atoms with E-state index in [9.17, 15) is 4.79 Å². The van der Waals surface area contributed by atoms with E-state index in [1.165, 1.54) is 0 Å². The first kappa shape index (κ1) is 22.1. The second-order valence-electron chi connectivity index (χ2n) is 9.15. The number of carbonyl (C=O) groups excluding carboxylic acids is 1. The van der Waals surface area contributed by atoms with Crippen molar-refractivity contribution in [3.05, 3.63) is 42.7 Å². The van der Waals surface area contributed by atoms with Crippen molar-refractivity contribution in [2.24, 2.45) is 0 Å². The minimum absolute atomic E-state index is 0.105. The molecule has 3 heterocycles. The Morgan fingerprint density at radius 3 is 2.43 bits per heavy atom. The van der Waals surface area contributed by atoms with Crippen LogP contribution >= 0.6 is 0 Å². The Balaban J connectivity index is 1.46. The summed E-state index contributed by atoms with van der Waals surface area (Å²) in [6.07, 6.45) is 4.42. The van der Waals surface area contributed by atoms with Gasteiger partial charge in [0.2, 0.25) is 0 Å². The zero-order chi connectivity index (χ0) is 21.8. The fourth-order valence-corrected chi connectivity index (χ4v) is 4.01. The van der Waals surface area contributed by atoms with Crippen molar-refractivity contribution in [1.29, 1.82) is 0 Å². The molecule has 0 atom stereocenters. The minimum atomic E-state index is -1.92. The highest BCUT2D eigenvalue weighted by Gasteiger charge is 2.39. The fourth-order valence-electron chi connectivity index (χ4n) is 2.99. The summed E-state index contributed by atoms with van der Waals surface area (Å²) in [5, 5.41) is 2.82. The molecule has 0 aliphatic carbocycles. The zero-order valence-electron chi connectivity index (χ0n) is 18.5. The van der Waals surface area contributed by atoms with E-state index < -0.39 is 14.4 Å². The molecule has 2 aromatic heterocycles. The van der Waals surface area contributed by atoms with E-state index in [1.807, 2.05) is 24.3 Å². The van der Waals surface area contributed by atoms with Gasteiger partial charge >= 0.3 is 6.09 Å². The van der Waals surface area contributed by atoms with Gasteiger partial charge in [-0.1, -0.05) is 26.8 Å². The Morgan fingerprint density at radius 2 is 1.87 bits per heavy atom. The monoisotopic (exact) mass is 428 g/mol. The molecule has 0 bridgehead atoms. The lowest BCUT2D eigenvalue weighted by Gasteiger charge is -2.36. The summed E-state index contributed by atoms with van der Waals surface area (Å²) in [6, 6.07) is 9.47. The second-order valence-corrected chi connectivity index (χ2v) is 13.9. The van der Waals surface area contributed by atoms with Crippen molar-refractivity contribution >= 4 is 26.0 Å². The van der Waals surface area contributed by atoms with Gasteiger partial charge in [-0.15, -0.1) is 0 Å². The first-order valence-electron chi connectivity index (χ1n) is 10.4. The largest absolute Gasteiger partial charge is 0.542 e. The first-order chi connectivity index (χ1) is 14.1. The summed E-state index contributed by atoms with van der Waals surface area (Å²) in [6.45, 7) is 12.6. The molecule has 1 saturated heterocycles. The van der Waals surface area contributed by atoms with Crippen molar-refractivity contribution < 1.29 is 14.0 Å². The van der Waals surface area contributed by atoms with Gasteiger partial charge in [0.25, 0.3) is 8.32 Å². The van der Waals surface area contributed by atoms with Gasteiger partial charge in [-0.2, -0.15) is 0 Å². The summed E-state index contributed by atoms with van der Waals surface area (Å²) in [5.74, 6) is 2.14. The summed E-state index contributed by atoms with van der Waals surface area (Å²) >= 11 is 0. The third-order valence-corrected chi connectivity index (χ3v) is 10.2. The number of ether oxygens (including phenoxy) is 1. The number of hydrogen-bond acceptors (Lipinski definition) is 6. The molecule has 8 heteroatoms. The van der Waals surface area contributed by atoms with Crippen LogP contribution in [0.25, 0.3) is 0 Å². The maximum Gasteiger partial charge on any atom is 0.413 e. The molecule has 0 aromatic carbocycles. The Bertz CT molecular complexity index is 830. The SMILES string of the molecule is CC(C)(C)[Si](C)(C)Oc1ccc(NC(=O)OC2CCN(c3ccccn3)CC2)nc1. The molecule has 162 valence electrons. The van der Waals surface area contributed by atoms with E-state index >= 15 is 0 Å². The van der Waals surface area contributed by atoms with Crippen LogP contribution in [-0.4, -0.2) is 43.6 Å².